The zero-order valence-electron chi connectivity index (χ0n) is 11.3. The van der Waals surface area contributed by atoms with Crippen molar-refractivity contribution >= 4 is 12.0 Å². The zero-order valence-corrected chi connectivity index (χ0v) is 11.3. The molecule has 1 aromatic rings. The van der Waals surface area contributed by atoms with E-state index in [1.165, 1.54) is 5.56 Å². The molecule has 0 aromatic heterocycles. The van der Waals surface area contributed by atoms with Crippen molar-refractivity contribution in [3.8, 4) is 0 Å². The molecule has 1 aliphatic heterocycles. The number of carbonyl (C=O) groups is 2. The highest BCUT2D eigenvalue weighted by Gasteiger charge is 2.52. The van der Waals surface area contributed by atoms with Gasteiger partial charge in [-0.1, -0.05) is 24.3 Å². The molecule has 5 heteroatoms. The van der Waals surface area contributed by atoms with Gasteiger partial charge >= 0.3 is 12.0 Å². The summed E-state index contributed by atoms with van der Waals surface area (Å²) in [5, 5.41) is 11.8. The number of fused-ring (bicyclic) bond motifs is 1. The molecule has 1 saturated carbocycles. The van der Waals surface area contributed by atoms with E-state index >= 15 is 0 Å². The van der Waals surface area contributed by atoms with Gasteiger partial charge in [-0.25, -0.2) is 9.59 Å². The number of rotatable bonds is 2. The highest BCUT2D eigenvalue weighted by atomic mass is 16.4. The van der Waals surface area contributed by atoms with Crippen molar-refractivity contribution in [3.05, 3.63) is 35.4 Å². The number of carboxylic acids is 1. The van der Waals surface area contributed by atoms with Gasteiger partial charge in [0.1, 0.15) is 5.54 Å². The van der Waals surface area contributed by atoms with Crippen LogP contribution in [0.15, 0.2) is 24.3 Å². The zero-order chi connectivity index (χ0) is 14.2. The number of hydrogen-bond acceptors (Lipinski definition) is 2. The number of carbonyl (C=O) groups excluding carboxylic acids is 1. The van der Waals surface area contributed by atoms with Crippen molar-refractivity contribution in [1.82, 2.24) is 10.2 Å². The summed E-state index contributed by atoms with van der Waals surface area (Å²) in [5.74, 6) is -0.930. The quantitative estimate of drug-likeness (QED) is 0.863. The average molecular weight is 274 g/mol. The highest BCUT2D eigenvalue weighted by molar-refractivity contribution is 5.89. The number of nitrogens with zero attached hydrogens (tertiary/aromatic N) is 1. The number of aliphatic carboxylic acids is 1. The predicted molar refractivity (Wildman–Crippen MR) is 73.3 cm³/mol. The van der Waals surface area contributed by atoms with Gasteiger partial charge in [-0.3, -0.25) is 0 Å². The Bertz CT molecular complexity index is 552. The fourth-order valence-corrected chi connectivity index (χ4v) is 2.68. The Morgan fingerprint density at radius 3 is 2.55 bits per heavy atom. The molecule has 1 aromatic carbocycles. The standard InChI is InChI=1S/C15H18N2O3/c18-13(19)15(7-8-15)16-14(20)17-9-3-6-11-4-1-2-5-12(11)10-17/h1-2,4-5H,3,6-10H2,(H,16,20)(H,18,19). The van der Waals surface area contributed by atoms with Gasteiger partial charge in [0.05, 0.1) is 0 Å². The van der Waals surface area contributed by atoms with Crippen molar-refractivity contribution in [1.29, 1.82) is 0 Å². The van der Waals surface area contributed by atoms with Gasteiger partial charge < -0.3 is 15.3 Å². The number of amides is 2. The maximum atomic E-state index is 12.3. The molecule has 0 atom stereocenters. The van der Waals surface area contributed by atoms with E-state index in [9.17, 15) is 9.59 Å². The summed E-state index contributed by atoms with van der Waals surface area (Å²) < 4.78 is 0. The number of aryl methyl sites for hydroxylation is 1. The molecule has 0 spiro atoms. The molecule has 1 fully saturated rings. The lowest BCUT2D eigenvalue weighted by atomic mass is 10.0. The fourth-order valence-electron chi connectivity index (χ4n) is 2.68. The third-order valence-corrected chi connectivity index (χ3v) is 4.15. The molecule has 5 nitrogen and oxygen atoms in total. The second-order valence-electron chi connectivity index (χ2n) is 5.61. The summed E-state index contributed by atoms with van der Waals surface area (Å²) in [6.07, 6.45) is 2.92. The van der Waals surface area contributed by atoms with Crippen LogP contribution >= 0.6 is 0 Å². The number of benzene rings is 1. The van der Waals surface area contributed by atoms with Crippen molar-refractivity contribution < 1.29 is 14.7 Å². The second-order valence-corrected chi connectivity index (χ2v) is 5.61. The Kier molecular flexibility index (Phi) is 3.12. The lowest BCUT2D eigenvalue weighted by Gasteiger charge is -2.23. The third kappa shape index (κ3) is 2.35. The van der Waals surface area contributed by atoms with Crippen molar-refractivity contribution in [3.63, 3.8) is 0 Å². The number of hydrogen-bond donors (Lipinski definition) is 2. The van der Waals surface area contributed by atoms with Gasteiger partial charge in [0.2, 0.25) is 0 Å². The summed E-state index contributed by atoms with van der Waals surface area (Å²) in [5.41, 5.74) is 1.42. The Hall–Kier alpha value is -2.04. The van der Waals surface area contributed by atoms with E-state index in [-0.39, 0.29) is 6.03 Å². The summed E-state index contributed by atoms with van der Waals surface area (Å²) in [4.78, 5) is 25.1. The normalized spacial score (nSPS) is 19.7. The van der Waals surface area contributed by atoms with Crippen LogP contribution in [0.3, 0.4) is 0 Å². The number of nitrogens with one attached hydrogen (secondary N) is 1. The smallest absolute Gasteiger partial charge is 0.329 e. The molecule has 1 heterocycles. The van der Waals surface area contributed by atoms with Crippen LogP contribution in [0, 0.1) is 0 Å². The lowest BCUT2D eigenvalue weighted by Crippen LogP contribution is -2.49. The van der Waals surface area contributed by atoms with E-state index in [0.29, 0.717) is 25.9 Å². The first-order valence-corrected chi connectivity index (χ1v) is 6.98. The minimum Gasteiger partial charge on any atom is -0.480 e. The van der Waals surface area contributed by atoms with Crippen LogP contribution in [0.25, 0.3) is 0 Å². The first-order valence-electron chi connectivity index (χ1n) is 6.98. The minimum atomic E-state index is -1.01. The van der Waals surface area contributed by atoms with Gasteiger partial charge in [0, 0.05) is 13.1 Å². The number of carboxylic acid groups (broad SMARTS) is 1. The monoisotopic (exact) mass is 274 g/mol. The molecule has 0 bridgehead atoms. The maximum Gasteiger partial charge on any atom is 0.329 e. The van der Waals surface area contributed by atoms with E-state index in [2.05, 4.69) is 11.4 Å². The Morgan fingerprint density at radius 1 is 1.20 bits per heavy atom. The Labute approximate surface area is 117 Å². The molecule has 2 aliphatic rings. The maximum absolute atomic E-state index is 12.3. The SMILES string of the molecule is O=C(NC1(C(=O)O)CC1)N1CCCc2ccccc2C1. The highest BCUT2D eigenvalue weighted by Crippen LogP contribution is 2.35. The molecule has 2 N–H and O–H groups in total. The number of urea groups is 1. The van der Waals surface area contributed by atoms with Crippen molar-refractivity contribution in [2.45, 2.75) is 37.8 Å². The molecule has 2 amide bonds. The van der Waals surface area contributed by atoms with Crippen molar-refractivity contribution in [2.24, 2.45) is 0 Å². The van der Waals surface area contributed by atoms with Crippen LogP contribution in [0.5, 0.6) is 0 Å². The first kappa shape index (κ1) is 13.0. The Morgan fingerprint density at radius 2 is 1.90 bits per heavy atom. The van der Waals surface area contributed by atoms with Gasteiger partial charge in [-0.2, -0.15) is 0 Å². The minimum absolute atomic E-state index is 0.262. The van der Waals surface area contributed by atoms with E-state index in [1.54, 1.807) is 4.90 Å². The molecule has 0 unspecified atom stereocenters. The van der Waals surface area contributed by atoms with Gasteiger partial charge in [-0.15, -0.1) is 0 Å². The average Bonchev–Trinajstić information content (AvgIpc) is 3.21. The predicted octanol–water partition coefficient (Wildman–Crippen LogP) is 1.76. The molecular formula is C15H18N2O3. The molecule has 1 aliphatic carbocycles. The summed E-state index contributed by atoms with van der Waals surface area (Å²) >= 11 is 0. The Balaban J connectivity index is 1.72. The lowest BCUT2D eigenvalue weighted by molar-refractivity contribution is -0.140. The van der Waals surface area contributed by atoms with Gasteiger partial charge in [-0.05, 0) is 36.8 Å². The summed E-state index contributed by atoms with van der Waals surface area (Å²) in [7, 11) is 0. The molecule has 20 heavy (non-hydrogen) atoms. The van der Waals surface area contributed by atoms with Crippen LogP contribution in [0.2, 0.25) is 0 Å². The third-order valence-electron chi connectivity index (χ3n) is 4.15. The van der Waals surface area contributed by atoms with Gasteiger partial charge in [0.25, 0.3) is 0 Å². The van der Waals surface area contributed by atoms with Crippen LogP contribution in [-0.2, 0) is 17.8 Å². The van der Waals surface area contributed by atoms with Gasteiger partial charge in [0.15, 0.2) is 0 Å². The fraction of sp³-hybridized carbons (Fsp3) is 0.467. The molecular weight excluding hydrogens is 256 g/mol. The molecule has 106 valence electrons. The van der Waals surface area contributed by atoms with Crippen molar-refractivity contribution in [2.75, 3.05) is 6.54 Å². The molecule has 0 radical (unpaired) electrons. The summed E-state index contributed by atoms with van der Waals surface area (Å²) in [6, 6.07) is 7.85. The van der Waals surface area contributed by atoms with E-state index in [0.717, 1.165) is 18.4 Å². The van der Waals surface area contributed by atoms with E-state index < -0.39 is 11.5 Å². The largest absolute Gasteiger partial charge is 0.480 e. The summed E-state index contributed by atoms with van der Waals surface area (Å²) in [6.45, 7) is 1.22. The molecule has 3 rings (SSSR count). The second kappa shape index (κ2) is 4.81. The van der Waals surface area contributed by atoms with E-state index in [1.807, 2.05) is 18.2 Å². The topological polar surface area (TPSA) is 69.6 Å². The van der Waals surface area contributed by atoms with E-state index in [4.69, 9.17) is 5.11 Å². The van der Waals surface area contributed by atoms with Crippen LogP contribution in [-0.4, -0.2) is 34.1 Å². The van der Waals surface area contributed by atoms with Crippen LogP contribution in [0.4, 0.5) is 4.79 Å². The van der Waals surface area contributed by atoms with Crippen LogP contribution < -0.4 is 5.32 Å². The van der Waals surface area contributed by atoms with Crippen LogP contribution in [0.1, 0.15) is 30.4 Å². The molecule has 0 saturated heterocycles. The first-order chi connectivity index (χ1) is 9.61.